The van der Waals surface area contributed by atoms with Gasteiger partial charge in [-0.05, 0) is 97.8 Å². The Morgan fingerprint density at radius 1 is 0.511 bits per heavy atom. The van der Waals surface area contributed by atoms with Crippen LogP contribution in [0.2, 0.25) is 0 Å². The quantitative estimate of drug-likeness (QED) is 0.170. The Hall–Kier alpha value is -5.20. The largest absolute Gasteiger partial charge is 0.0622 e. The minimum atomic E-state index is -0.0633. The first kappa shape index (κ1) is 29.2. The molecule has 0 aromatic heterocycles. The number of aryl methyl sites for hydroxylation is 2. The highest BCUT2D eigenvalue weighted by Gasteiger charge is 2.35. The minimum Gasteiger partial charge on any atom is -0.0622 e. The zero-order valence-electron chi connectivity index (χ0n) is 27.5. The van der Waals surface area contributed by atoms with E-state index in [4.69, 9.17) is 0 Å². The van der Waals surface area contributed by atoms with E-state index in [-0.39, 0.29) is 5.41 Å². The molecule has 47 heavy (non-hydrogen) atoms. The van der Waals surface area contributed by atoms with Crippen LogP contribution in [0.4, 0.5) is 0 Å². The number of hydrogen-bond donors (Lipinski definition) is 0. The van der Waals surface area contributed by atoms with Gasteiger partial charge in [0.25, 0.3) is 0 Å². The molecular weight excluding hydrogens is 565 g/mol. The van der Waals surface area contributed by atoms with E-state index in [1.54, 1.807) is 0 Å². The fourth-order valence-electron chi connectivity index (χ4n) is 7.86. The molecule has 0 amide bonds. The lowest BCUT2D eigenvalue weighted by molar-refractivity contribution is 0.657. The van der Waals surface area contributed by atoms with Crippen LogP contribution < -0.4 is 0 Å². The highest BCUT2D eigenvalue weighted by atomic mass is 14.4. The van der Waals surface area contributed by atoms with Gasteiger partial charge in [0.2, 0.25) is 0 Å². The molecule has 8 rings (SSSR count). The Labute approximate surface area is 279 Å². The van der Waals surface area contributed by atoms with Gasteiger partial charge in [-0.1, -0.05) is 171 Å². The van der Waals surface area contributed by atoms with Crippen molar-refractivity contribution in [3.05, 3.63) is 191 Å². The molecule has 0 N–H and O–H groups in total. The second-order valence-electron chi connectivity index (χ2n) is 13.8. The average Bonchev–Trinajstić information content (AvgIpc) is 3.34. The Morgan fingerprint density at radius 3 is 1.91 bits per heavy atom. The highest BCUT2D eigenvalue weighted by molar-refractivity contribution is 5.87. The van der Waals surface area contributed by atoms with Crippen molar-refractivity contribution in [1.29, 1.82) is 0 Å². The lowest BCUT2D eigenvalue weighted by Gasteiger charge is -2.23. The van der Waals surface area contributed by atoms with Crippen molar-refractivity contribution in [3.63, 3.8) is 0 Å². The van der Waals surface area contributed by atoms with Crippen molar-refractivity contribution in [1.82, 2.24) is 0 Å². The Balaban J connectivity index is 1.09. The molecule has 0 bridgehead atoms. The summed E-state index contributed by atoms with van der Waals surface area (Å²) < 4.78 is 0. The van der Waals surface area contributed by atoms with Crippen molar-refractivity contribution in [2.75, 3.05) is 0 Å². The lowest BCUT2D eigenvalue weighted by Crippen LogP contribution is -2.15. The highest BCUT2D eigenvalue weighted by Crippen LogP contribution is 2.50. The van der Waals surface area contributed by atoms with Crippen LogP contribution in [0, 0.1) is 6.92 Å². The van der Waals surface area contributed by atoms with E-state index in [1.807, 2.05) is 0 Å². The lowest BCUT2D eigenvalue weighted by atomic mass is 9.80. The normalized spacial score (nSPS) is 13.7. The van der Waals surface area contributed by atoms with Gasteiger partial charge in [0.15, 0.2) is 0 Å². The van der Waals surface area contributed by atoms with Crippen LogP contribution in [0.15, 0.2) is 158 Å². The summed E-state index contributed by atoms with van der Waals surface area (Å²) in [4.78, 5) is 0. The number of rotatable bonds is 7. The summed E-state index contributed by atoms with van der Waals surface area (Å²) in [7, 11) is 0. The van der Waals surface area contributed by atoms with Crippen LogP contribution in [0.25, 0.3) is 44.2 Å². The van der Waals surface area contributed by atoms with Crippen molar-refractivity contribution < 1.29 is 0 Å². The summed E-state index contributed by atoms with van der Waals surface area (Å²) in [5, 5.41) is 2.67. The second kappa shape index (κ2) is 11.9. The maximum absolute atomic E-state index is 2.50. The maximum Gasteiger partial charge on any atom is 0.0159 e. The molecular formula is C47H40. The first-order valence-corrected chi connectivity index (χ1v) is 16.9. The van der Waals surface area contributed by atoms with Gasteiger partial charge in [0, 0.05) is 11.3 Å². The summed E-state index contributed by atoms with van der Waals surface area (Å²) >= 11 is 0. The molecule has 1 aliphatic rings. The molecule has 0 nitrogen and oxygen atoms in total. The van der Waals surface area contributed by atoms with Gasteiger partial charge in [0.1, 0.15) is 0 Å². The monoisotopic (exact) mass is 604 g/mol. The Morgan fingerprint density at radius 2 is 1.13 bits per heavy atom. The zero-order valence-corrected chi connectivity index (χ0v) is 27.5. The predicted molar refractivity (Wildman–Crippen MR) is 200 cm³/mol. The molecule has 7 aromatic carbocycles. The van der Waals surface area contributed by atoms with Crippen LogP contribution in [0.5, 0.6) is 0 Å². The Bertz CT molecular complexity index is 2210. The minimum absolute atomic E-state index is 0.0633. The SMILES string of the molecule is Cc1cccc(C(CCc2ccc3c(c2)C(C)(C)c2cc(-c4ccc(-c5ccccc5)cc4)ccc2-3)c2cccc3ccccc23)c1. The summed E-state index contributed by atoms with van der Waals surface area (Å²) in [6, 6.07) is 58.7. The van der Waals surface area contributed by atoms with E-state index in [2.05, 4.69) is 178 Å². The molecule has 0 aliphatic heterocycles. The molecule has 0 saturated heterocycles. The molecule has 228 valence electrons. The average molecular weight is 605 g/mol. The van der Waals surface area contributed by atoms with E-state index in [1.165, 1.54) is 77.5 Å². The first-order valence-electron chi connectivity index (χ1n) is 16.9. The predicted octanol–water partition coefficient (Wildman–Crippen LogP) is 12.6. The zero-order chi connectivity index (χ0) is 32.0. The molecule has 0 radical (unpaired) electrons. The van der Waals surface area contributed by atoms with Gasteiger partial charge in [-0.3, -0.25) is 0 Å². The van der Waals surface area contributed by atoms with Crippen LogP contribution in [0.1, 0.15) is 59.6 Å². The van der Waals surface area contributed by atoms with Gasteiger partial charge in [-0.15, -0.1) is 0 Å². The first-order chi connectivity index (χ1) is 23.0. The van der Waals surface area contributed by atoms with Crippen molar-refractivity contribution in [3.8, 4) is 33.4 Å². The van der Waals surface area contributed by atoms with Gasteiger partial charge >= 0.3 is 0 Å². The van der Waals surface area contributed by atoms with E-state index < -0.39 is 0 Å². The summed E-state index contributed by atoms with van der Waals surface area (Å²) in [5.74, 6) is 0.329. The van der Waals surface area contributed by atoms with Crippen LogP contribution >= 0.6 is 0 Å². The van der Waals surface area contributed by atoms with E-state index in [9.17, 15) is 0 Å². The van der Waals surface area contributed by atoms with E-state index in [0.29, 0.717) is 5.92 Å². The number of fused-ring (bicyclic) bond motifs is 4. The Kier molecular flexibility index (Phi) is 7.38. The topological polar surface area (TPSA) is 0 Å². The maximum atomic E-state index is 2.50. The molecule has 7 aromatic rings. The van der Waals surface area contributed by atoms with Crippen LogP contribution in [-0.4, -0.2) is 0 Å². The number of hydrogen-bond acceptors (Lipinski definition) is 0. The summed E-state index contributed by atoms with van der Waals surface area (Å²) in [6.45, 7) is 7.00. The molecule has 0 heterocycles. The number of benzene rings is 7. The van der Waals surface area contributed by atoms with Gasteiger partial charge in [-0.2, -0.15) is 0 Å². The second-order valence-corrected chi connectivity index (χ2v) is 13.8. The third-order valence-corrected chi connectivity index (χ3v) is 10.4. The molecule has 1 unspecified atom stereocenters. The molecule has 0 heteroatoms. The van der Waals surface area contributed by atoms with Crippen LogP contribution in [-0.2, 0) is 11.8 Å². The fourth-order valence-corrected chi connectivity index (χ4v) is 7.86. The standard InChI is InChI=1S/C47H40/c1-32-11-9-16-39(29-32)41(42-18-10-15-37-14-7-8-17-40(37)42)26-19-33-20-27-43-44-28-25-38(31-46(44)47(2,3)45(43)30-33)36-23-21-35(22-24-36)34-12-5-4-6-13-34/h4-18,20-25,27-31,41H,19,26H2,1-3H3. The van der Waals surface area contributed by atoms with Gasteiger partial charge < -0.3 is 0 Å². The molecule has 0 saturated carbocycles. The molecule has 0 spiro atoms. The smallest absolute Gasteiger partial charge is 0.0159 e. The van der Waals surface area contributed by atoms with Crippen molar-refractivity contribution in [2.45, 2.75) is 44.9 Å². The van der Waals surface area contributed by atoms with Crippen molar-refractivity contribution >= 4 is 10.8 Å². The summed E-state index contributed by atoms with van der Waals surface area (Å²) in [5.41, 5.74) is 16.1. The third kappa shape index (κ3) is 5.38. The van der Waals surface area contributed by atoms with E-state index >= 15 is 0 Å². The third-order valence-electron chi connectivity index (χ3n) is 10.4. The molecule has 1 atom stereocenters. The van der Waals surface area contributed by atoms with Gasteiger partial charge in [0.05, 0.1) is 0 Å². The van der Waals surface area contributed by atoms with Gasteiger partial charge in [-0.25, -0.2) is 0 Å². The summed E-state index contributed by atoms with van der Waals surface area (Å²) in [6.07, 6.45) is 2.09. The van der Waals surface area contributed by atoms with E-state index in [0.717, 1.165) is 12.8 Å². The van der Waals surface area contributed by atoms with Crippen molar-refractivity contribution in [2.24, 2.45) is 0 Å². The molecule has 0 fully saturated rings. The molecule has 1 aliphatic carbocycles. The van der Waals surface area contributed by atoms with Crippen LogP contribution in [0.3, 0.4) is 0 Å². The fraction of sp³-hybridized carbons (Fsp3) is 0.149.